The Balaban J connectivity index is 2.93. The summed E-state index contributed by atoms with van der Waals surface area (Å²) in [5.41, 5.74) is 0.623. The molecule has 1 heterocycles. The molecule has 0 aliphatic rings. The van der Waals surface area contributed by atoms with Crippen molar-refractivity contribution >= 4 is 11.5 Å². The first-order valence-corrected chi connectivity index (χ1v) is 5.95. The van der Waals surface area contributed by atoms with Crippen LogP contribution in [0.1, 0.15) is 32.4 Å². The van der Waals surface area contributed by atoms with Crippen molar-refractivity contribution in [3.63, 3.8) is 0 Å². The molecule has 0 bridgehead atoms. The molecule has 0 aromatic carbocycles. The Morgan fingerprint density at radius 2 is 2.28 bits per heavy atom. The molecule has 1 rings (SSSR count). The molecular formula is C12H18N4O2. The number of hydrogen-bond acceptors (Lipinski definition) is 4. The van der Waals surface area contributed by atoms with Gasteiger partial charge < -0.3 is 5.32 Å². The molecule has 98 valence electrons. The summed E-state index contributed by atoms with van der Waals surface area (Å²) in [7, 11) is 1.71. The van der Waals surface area contributed by atoms with Crippen molar-refractivity contribution in [3.05, 3.63) is 15.8 Å². The molecule has 0 aliphatic carbocycles. The van der Waals surface area contributed by atoms with E-state index in [1.54, 1.807) is 14.0 Å². The Morgan fingerprint density at radius 1 is 1.56 bits per heavy atom. The van der Waals surface area contributed by atoms with E-state index in [0.29, 0.717) is 30.9 Å². The van der Waals surface area contributed by atoms with E-state index in [4.69, 9.17) is 0 Å². The van der Waals surface area contributed by atoms with Crippen LogP contribution in [0.15, 0.2) is 0 Å². The minimum absolute atomic E-state index is 0.0869. The van der Waals surface area contributed by atoms with Gasteiger partial charge in [0.2, 0.25) is 5.82 Å². The monoisotopic (exact) mass is 250 g/mol. The number of aryl methyl sites for hydroxylation is 2. The van der Waals surface area contributed by atoms with Crippen LogP contribution in [-0.2, 0) is 13.5 Å². The molecule has 0 atom stereocenters. The standard InChI is InChI=1S/C12H18N4O2/c1-4-6-7-9-13-12-11(16(17)18)10(8-5-2)14-15(12)3/h13H,5,7-9H2,1-3H3. The molecule has 1 N–H and O–H groups in total. The highest BCUT2D eigenvalue weighted by atomic mass is 16.6. The fourth-order valence-electron chi connectivity index (χ4n) is 1.73. The van der Waals surface area contributed by atoms with Crippen LogP contribution in [0.3, 0.4) is 0 Å². The lowest BCUT2D eigenvalue weighted by molar-refractivity contribution is -0.384. The van der Waals surface area contributed by atoms with E-state index in [-0.39, 0.29) is 10.6 Å². The third-order valence-electron chi connectivity index (χ3n) is 2.48. The highest BCUT2D eigenvalue weighted by Gasteiger charge is 2.25. The van der Waals surface area contributed by atoms with Crippen LogP contribution in [0.2, 0.25) is 0 Å². The van der Waals surface area contributed by atoms with Crippen LogP contribution in [0.25, 0.3) is 0 Å². The van der Waals surface area contributed by atoms with Crippen LogP contribution < -0.4 is 5.32 Å². The van der Waals surface area contributed by atoms with E-state index in [2.05, 4.69) is 22.3 Å². The second-order valence-corrected chi connectivity index (χ2v) is 3.88. The summed E-state index contributed by atoms with van der Waals surface area (Å²) >= 11 is 0. The molecule has 6 nitrogen and oxygen atoms in total. The van der Waals surface area contributed by atoms with Gasteiger partial charge in [-0.2, -0.15) is 5.10 Å². The number of anilines is 1. The van der Waals surface area contributed by atoms with Gasteiger partial charge in [-0.3, -0.25) is 10.1 Å². The van der Waals surface area contributed by atoms with E-state index in [0.717, 1.165) is 6.42 Å². The number of hydrogen-bond donors (Lipinski definition) is 1. The number of nitro groups is 1. The SMILES string of the molecule is CC#CCCNc1c([N+](=O)[O-])c(CCC)nn1C. The minimum Gasteiger partial charge on any atom is -0.364 e. The zero-order chi connectivity index (χ0) is 13.5. The lowest BCUT2D eigenvalue weighted by Gasteiger charge is -2.03. The van der Waals surface area contributed by atoms with Crippen molar-refractivity contribution in [3.8, 4) is 11.8 Å². The summed E-state index contributed by atoms with van der Waals surface area (Å²) in [5.74, 6) is 6.15. The van der Waals surface area contributed by atoms with Gasteiger partial charge in [-0.25, -0.2) is 4.68 Å². The fraction of sp³-hybridized carbons (Fsp3) is 0.583. The third-order valence-corrected chi connectivity index (χ3v) is 2.48. The van der Waals surface area contributed by atoms with Gasteiger partial charge in [-0.1, -0.05) is 13.3 Å². The second kappa shape index (κ2) is 6.64. The van der Waals surface area contributed by atoms with E-state index in [1.807, 2.05) is 6.92 Å². The van der Waals surface area contributed by atoms with Gasteiger partial charge in [0.05, 0.1) is 4.92 Å². The Labute approximate surface area is 107 Å². The molecule has 0 saturated heterocycles. The summed E-state index contributed by atoms with van der Waals surface area (Å²) in [6.45, 7) is 4.32. The Kier molecular flexibility index (Phi) is 5.18. The van der Waals surface area contributed by atoms with E-state index in [1.165, 1.54) is 4.68 Å². The van der Waals surface area contributed by atoms with Crippen LogP contribution >= 0.6 is 0 Å². The molecule has 6 heteroatoms. The summed E-state index contributed by atoms with van der Waals surface area (Å²) < 4.78 is 1.53. The highest BCUT2D eigenvalue weighted by Crippen LogP contribution is 2.28. The van der Waals surface area contributed by atoms with Gasteiger partial charge in [-0.05, 0) is 13.3 Å². The van der Waals surface area contributed by atoms with Gasteiger partial charge >= 0.3 is 5.69 Å². The summed E-state index contributed by atoms with van der Waals surface area (Å²) in [6.07, 6.45) is 2.10. The first-order valence-electron chi connectivity index (χ1n) is 5.95. The third kappa shape index (κ3) is 3.23. The topological polar surface area (TPSA) is 73.0 Å². The van der Waals surface area contributed by atoms with Crippen LogP contribution in [-0.4, -0.2) is 21.2 Å². The Bertz CT molecular complexity index is 482. The van der Waals surface area contributed by atoms with Gasteiger partial charge in [0.25, 0.3) is 0 Å². The molecular weight excluding hydrogens is 232 g/mol. The van der Waals surface area contributed by atoms with E-state index in [9.17, 15) is 10.1 Å². The summed E-state index contributed by atoms with van der Waals surface area (Å²) in [6, 6.07) is 0. The van der Waals surface area contributed by atoms with Crippen LogP contribution in [0, 0.1) is 22.0 Å². The molecule has 0 spiro atoms. The Hall–Kier alpha value is -2.03. The van der Waals surface area contributed by atoms with Crippen molar-refractivity contribution in [1.29, 1.82) is 0 Å². The van der Waals surface area contributed by atoms with E-state index < -0.39 is 0 Å². The number of nitrogens with zero attached hydrogens (tertiary/aromatic N) is 3. The summed E-state index contributed by atoms with van der Waals surface area (Å²) in [5, 5.41) is 18.3. The maximum Gasteiger partial charge on any atom is 0.333 e. The maximum absolute atomic E-state index is 11.1. The van der Waals surface area contributed by atoms with Gasteiger partial charge in [0, 0.05) is 20.0 Å². The molecule has 0 radical (unpaired) electrons. The molecule has 0 unspecified atom stereocenters. The highest BCUT2D eigenvalue weighted by molar-refractivity contribution is 5.59. The average Bonchev–Trinajstić information content (AvgIpc) is 2.62. The first-order chi connectivity index (χ1) is 8.61. The largest absolute Gasteiger partial charge is 0.364 e. The molecule has 0 saturated carbocycles. The Morgan fingerprint density at radius 3 is 2.83 bits per heavy atom. The molecule has 0 amide bonds. The lowest BCUT2D eigenvalue weighted by atomic mass is 10.2. The van der Waals surface area contributed by atoms with Crippen LogP contribution in [0.5, 0.6) is 0 Å². The van der Waals surface area contributed by atoms with Crippen molar-refractivity contribution in [2.24, 2.45) is 7.05 Å². The fourth-order valence-corrected chi connectivity index (χ4v) is 1.73. The van der Waals surface area contributed by atoms with Crippen molar-refractivity contribution in [2.75, 3.05) is 11.9 Å². The molecule has 18 heavy (non-hydrogen) atoms. The average molecular weight is 250 g/mol. The zero-order valence-corrected chi connectivity index (χ0v) is 11.0. The van der Waals surface area contributed by atoms with Gasteiger partial charge in [0.15, 0.2) is 0 Å². The summed E-state index contributed by atoms with van der Waals surface area (Å²) in [4.78, 5) is 10.7. The number of rotatable bonds is 6. The van der Waals surface area contributed by atoms with Gasteiger partial charge in [-0.15, -0.1) is 11.8 Å². The number of aromatic nitrogens is 2. The molecule has 0 aliphatic heterocycles. The van der Waals surface area contributed by atoms with Crippen molar-refractivity contribution in [1.82, 2.24) is 9.78 Å². The van der Waals surface area contributed by atoms with Crippen molar-refractivity contribution in [2.45, 2.75) is 33.1 Å². The quantitative estimate of drug-likeness (QED) is 0.363. The smallest absolute Gasteiger partial charge is 0.333 e. The first kappa shape index (κ1) is 14.0. The zero-order valence-electron chi connectivity index (χ0n) is 11.0. The normalized spacial score (nSPS) is 9.72. The lowest BCUT2D eigenvalue weighted by Crippen LogP contribution is -2.07. The predicted octanol–water partition coefficient (Wildman–Crippen LogP) is 2.11. The van der Waals surface area contributed by atoms with Gasteiger partial charge in [0.1, 0.15) is 5.69 Å². The second-order valence-electron chi connectivity index (χ2n) is 3.88. The number of nitrogens with one attached hydrogen (secondary N) is 1. The predicted molar refractivity (Wildman–Crippen MR) is 70.4 cm³/mol. The van der Waals surface area contributed by atoms with E-state index >= 15 is 0 Å². The van der Waals surface area contributed by atoms with Crippen LogP contribution in [0.4, 0.5) is 11.5 Å². The maximum atomic E-state index is 11.1. The molecule has 0 fully saturated rings. The van der Waals surface area contributed by atoms with Crippen molar-refractivity contribution < 1.29 is 4.92 Å². The molecule has 1 aromatic heterocycles. The minimum atomic E-state index is -0.369. The molecule has 1 aromatic rings.